The minimum Gasteiger partial charge on any atom is -0.288 e. The lowest BCUT2D eigenvalue weighted by molar-refractivity contribution is 0.105. The number of carbonyl (C=O) groups is 1. The maximum atomic E-state index is 11.6. The summed E-state index contributed by atoms with van der Waals surface area (Å²) in [4.78, 5) is 13.5. The number of ketones is 1. The molecule has 2 rings (SSSR count). The van der Waals surface area contributed by atoms with Crippen LogP contribution >= 0.6 is 22.7 Å². The van der Waals surface area contributed by atoms with E-state index in [1.807, 2.05) is 23.6 Å². The van der Waals surface area contributed by atoms with E-state index in [1.54, 1.807) is 17.4 Å². The van der Waals surface area contributed by atoms with Crippen molar-refractivity contribution in [1.82, 2.24) is 0 Å². The zero-order valence-electron chi connectivity index (χ0n) is 8.27. The summed E-state index contributed by atoms with van der Waals surface area (Å²) in [6.07, 6.45) is 3.51. The van der Waals surface area contributed by atoms with Gasteiger partial charge in [-0.15, -0.1) is 22.7 Å². The van der Waals surface area contributed by atoms with Gasteiger partial charge in [-0.2, -0.15) is 0 Å². The van der Waals surface area contributed by atoms with Crippen LogP contribution in [0.15, 0.2) is 35.0 Å². The first-order chi connectivity index (χ1) is 7.25. The smallest absolute Gasteiger partial charge is 0.195 e. The Morgan fingerprint density at radius 2 is 2.27 bits per heavy atom. The molecule has 0 fully saturated rings. The van der Waals surface area contributed by atoms with E-state index in [2.05, 4.69) is 18.4 Å². The lowest BCUT2D eigenvalue weighted by Crippen LogP contribution is -1.87. The Balaban J connectivity index is 2.09. The summed E-state index contributed by atoms with van der Waals surface area (Å²) in [6, 6.07) is 5.81. The summed E-state index contributed by atoms with van der Waals surface area (Å²) in [6.45, 7) is 2.05. The summed E-state index contributed by atoms with van der Waals surface area (Å²) in [7, 11) is 0. The van der Waals surface area contributed by atoms with Crippen molar-refractivity contribution in [2.24, 2.45) is 0 Å². The lowest BCUT2D eigenvalue weighted by atomic mass is 10.2. The minimum atomic E-state index is 0.0797. The van der Waals surface area contributed by atoms with Gasteiger partial charge in [0, 0.05) is 4.88 Å². The maximum Gasteiger partial charge on any atom is 0.195 e. The molecule has 0 saturated heterocycles. The average Bonchev–Trinajstić information content (AvgIpc) is 2.84. The molecule has 0 N–H and O–H groups in total. The molecule has 0 bridgehead atoms. The number of thiophene rings is 2. The second-order valence-corrected chi connectivity index (χ2v) is 5.09. The van der Waals surface area contributed by atoms with Crippen LogP contribution < -0.4 is 0 Å². The molecule has 0 aliphatic rings. The Hall–Kier alpha value is -1.19. The maximum absolute atomic E-state index is 11.6. The van der Waals surface area contributed by atoms with Gasteiger partial charge in [0.15, 0.2) is 5.78 Å². The molecule has 2 aromatic heterocycles. The zero-order chi connectivity index (χ0) is 10.7. The van der Waals surface area contributed by atoms with Gasteiger partial charge in [0.05, 0.1) is 4.88 Å². The normalized spacial score (nSPS) is 11.0. The number of allylic oxidation sites excluding steroid dienone is 1. The predicted octanol–water partition coefficient (Wildman–Crippen LogP) is 4.01. The monoisotopic (exact) mass is 234 g/mol. The molecule has 0 radical (unpaired) electrons. The SMILES string of the molecule is Cc1csc(/C=C/C(=O)c2cccs2)c1. The van der Waals surface area contributed by atoms with Crippen molar-refractivity contribution >= 4 is 34.5 Å². The standard InChI is InChI=1S/C12H10OS2/c1-9-7-10(15-8-9)4-5-11(13)12-3-2-6-14-12/h2-8H,1H3/b5-4+. The van der Waals surface area contributed by atoms with Crippen LogP contribution in [-0.2, 0) is 0 Å². The molecule has 0 atom stereocenters. The molecule has 0 aromatic carbocycles. The van der Waals surface area contributed by atoms with Crippen LogP contribution in [0.1, 0.15) is 20.1 Å². The van der Waals surface area contributed by atoms with E-state index in [0.29, 0.717) is 0 Å². The average molecular weight is 234 g/mol. The van der Waals surface area contributed by atoms with Gasteiger partial charge in [-0.05, 0) is 47.5 Å². The molecule has 15 heavy (non-hydrogen) atoms. The van der Waals surface area contributed by atoms with Crippen LogP contribution in [0.2, 0.25) is 0 Å². The van der Waals surface area contributed by atoms with E-state index in [-0.39, 0.29) is 5.78 Å². The fourth-order valence-corrected chi connectivity index (χ4v) is 2.64. The Morgan fingerprint density at radius 1 is 1.40 bits per heavy atom. The van der Waals surface area contributed by atoms with Gasteiger partial charge in [-0.1, -0.05) is 6.07 Å². The van der Waals surface area contributed by atoms with Gasteiger partial charge in [-0.3, -0.25) is 4.79 Å². The van der Waals surface area contributed by atoms with E-state index < -0.39 is 0 Å². The third kappa shape index (κ3) is 2.64. The number of hydrogen-bond donors (Lipinski definition) is 0. The molecule has 0 amide bonds. The summed E-state index contributed by atoms with van der Waals surface area (Å²) < 4.78 is 0. The molecule has 2 heterocycles. The minimum absolute atomic E-state index is 0.0797. The number of rotatable bonds is 3. The fraction of sp³-hybridized carbons (Fsp3) is 0.0833. The number of hydrogen-bond acceptors (Lipinski definition) is 3. The third-order valence-corrected chi connectivity index (χ3v) is 3.81. The van der Waals surface area contributed by atoms with Gasteiger partial charge in [-0.25, -0.2) is 0 Å². The quantitative estimate of drug-likeness (QED) is 0.579. The first kappa shape index (κ1) is 10.3. The van der Waals surface area contributed by atoms with Gasteiger partial charge in [0.1, 0.15) is 0 Å². The van der Waals surface area contributed by atoms with Crippen LogP contribution in [0.5, 0.6) is 0 Å². The highest BCUT2D eigenvalue weighted by atomic mass is 32.1. The van der Waals surface area contributed by atoms with Crippen molar-refractivity contribution in [3.63, 3.8) is 0 Å². The fourth-order valence-electron chi connectivity index (χ4n) is 1.20. The topological polar surface area (TPSA) is 17.1 Å². The molecular weight excluding hydrogens is 224 g/mol. The van der Waals surface area contributed by atoms with Crippen molar-refractivity contribution < 1.29 is 4.79 Å². The van der Waals surface area contributed by atoms with Gasteiger partial charge in [0.2, 0.25) is 0 Å². The Bertz CT molecular complexity index is 477. The van der Waals surface area contributed by atoms with Gasteiger partial charge < -0.3 is 0 Å². The summed E-state index contributed by atoms with van der Waals surface area (Å²) in [5.74, 6) is 0.0797. The highest BCUT2D eigenvalue weighted by Crippen LogP contribution is 2.16. The Kier molecular flexibility index (Phi) is 3.14. The number of carbonyl (C=O) groups excluding carboxylic acids is 1. The molecule has 0 spiro atoms. The predicted molar refractivity (Wildman–Crippen MR) is 66.7 cm³/mol. The van der Waals surface area contributed by atoms with E-state index in [1.165, 1.54) is 16.9 Å². The van der Waals surface area contributed by atoms with Crippen molar-refractivity contribution in [2.75, 3.05) is 0 Å². The second-order valence-electron chi connectivity index (χ2n) is 3.20. The summed E-state index contributed by atoms with van der Waals surface area (Å²) in [5.41, 5.74) is 1.24. The van der Waals surface area contributed by atoms with Gasteiger partial charge >= 0.3 is 0 Å². The van der Waals surface area contributed by atoms with Crippen molar-refractivity contribution in [1.29, 1.82) is 0 Å². The Labute approximate surface area is 96.7 Å². The summed E-state index contributed by atoms with van der Waals surface area (Å²) >= 11 is 3.13. The molecule has 0 aliphatic heterocycles. The van der Waals surface area contributed by atoms with Crippen molar-refractivity contribution in [3.05, 3.63) is 50.4 Å². The van der Waals surface area contributed by atoms with E-state index in [4.69, 9.17) is 0 Å². The molecule has 76 valence electrons. The molecular formula is C12H10OS2. The summed E-state index contributed by atoms with van der Waals surface area (Å²) in [5, 5.41) is 3.99. The third-order valence-electron chi connectivity index (χ3n) is 1.91. The molecule has 0 saturated carbocycles. The van der Waals surface area contributed by atoms with Crippen molar-refractivity contribution in [2.45, 2.75) is 6.92 Å². The van der Waals surface area contributed by atoms with E-state index >= 15 is 0 Å². The van der Waals surface area contributed by atoms with Crippen LogP contribution in [0, 0.1) is 6.92 Å². The first-order valence-electron chi connectivity index (χ1n) is 4.57. The van der Waals surface area contributed by atoms with E-state index in [9.17, 15) is 4.79 Å². The lowest BCUT2D eigenvalue weighted by Gasteiger charge is -1.87. The first-order valence-corrected chi connectivity index (χ1v) is 6.33. The largest absolute Gasteiger partial charge is 0.288 e. The molecule has 2 aromatic rings. The number of aryl methyl sites for hydroxylation is 1. The Morgan fingerprint density at radius 3 is 2.87 bits per heavy atom. The van der Waals surface area contributed by atoms with E-state index in [0.717, 1.165) is 9.75 Å². The van der Waals surface area contributed by atoms with Crippen LogP contribution in [0.3, 0.4) is 0 Å². The highest BCUT2D eigenvalue weighted by molar-refractivity contribution is 7.12. The molecule has 0 aliphatic carbocycles. The molecule has 1 nitrogen and oxygen atoms in total. The van der Waals surface area contributed by atoms with Crippen LogP contribution in [-0.4, -0.2) is 5.78 Å². The van der Waals surface area contributed by atoms with Crippen molar-refractivity contribution in [3.8, 4) is 0 Å². The molecule has 3 heteroatoms. The van der Waals surface area contributed by atoms with Gasteiger partial charge in [0.25, 0.3) is 0 Å². The van der Waals surface area contributed by atoms with Crippen LogP contribution in [0.4, 0.5) is 0 Å². The highest BCUT2D eigenvalue weighted by Gasteiger charge is 2.01. The zero-order valence-corrected chi connectivity index (χ0v) is 9.90. The van der Waals surface area contributed by atoms with Crippen LogP contribution in [0.25, 0.3) is 6.08 Å². The molecule has 0 unspecified atom stereocenters. The second kappa shape index (κ2) is 4.55.